The van der Waals surface area contributed by atoms with Crippen molar-refractivity contribution in [1.29, 1.82) is 0 Å². The fourth-order valence-corrected chi connectivity index (χ4v) is 1.73. The molecule has 16 heavy (non-hydrogen) atoms. The first kappa shape index (κ1) is 11.2. The van der Waals surface area contributed by atoms with E-state index >= 15 is 0 Å². The van der Waals surface area contributed by atoms with Gasteiger partial charge in [-0.15, -0.1) is 0 Å². The molecule has 0 bridgehead atoms. The predicted molar refractivity (Wildman–Crippen MR) is 67.2 cm³/mol. The third kappa shape index (κ3) is 1.97. The third-order valence-corrected chi connectivity index (χ3v) is 2.66. The molecule has 0 fully saturated rings. The van der Waals surface area contributed by atoms with E-state index in [0.717, 1.165) is 3.57 Å². The van der Waals surface area contributed by atoms with Crippen molar-refractivity contribution in [3.63, 3.8) is 0 Å². The van der Waals surface area contributed by atoms with Crippen molar-refractivity contribution in [2.24, 2.45) is 0 Å². The smallest absolute Gasteiger partial charge is 0.167 e. The maximum atomic E-state index is 13.3. The van der Waals surface area contributed by atoms with Gasteiger partial charge in [0.05, 0.1) is 28.3 Å². The summed E-state index contributed by atoms with van der Waals surface area (Å²) < 4.78 is 20.8. The molecule has 0 aliphatic carbocycles. The van der Waals surface area contributed by atoms with E-state index in [0.29, 0.717) is 11.4 Å². The molecule has 2 rings (SSSR count). The summed E-state index contributed by atoms with van der Waals surface area (Å²) in [4.78, 5) is 0. The van der Waals surface area contributed by atoms with Gasteiger partial charge in [0, 0.05) is 18.3 Å². The van der Waals surface area contributed by atoms with Crippen LogP contribution in [0.4, 0.5) is 10.1 Å². The van der Waals surface area contributed by atoms with Crippen LogP contribution in [0, 0.1) is 9.39 Å². The predicted octanol–water partition coefficient (Wildman–Crippen LogP) is 2.21. The monoisotopic (exact) mass is 333 g/mol. The summed E-state index contributed by atoms with van der Waals surface area (Å²) in [6.07, 6.45) is 3.49. The van der Waals surface area contributed by atoms with Crippen LogP contribution < -0.4 is 10.5 Å². The van der Waals surface area contributed by atoms with Crippen LogP contribution in [0.5, 0.6) is 5.75 Å². The second-order valence-corrected chi connectivity index (χ2v) is 4.39. The number of nitrogen functional groups attached to an aromatic ring is 1. The molecule has 2 N–H and O–H groups in total. The molecule has 2 aromatic rings. The Hall–Kier alpha value is -1.31. The lowest BCUT2D eigenvalue weighted by Crippen LogP contribution is -2.02. The molecule has 0 aliphatic heterocycles. The van der Waals surface area contributed by atoms with Gasteiger partial charge in [-0.25, -0.2) is 9.07 Å². The Bertz CT molecular complexity index is 527. The van der Waals surface area contributed by atoms with Crippen molar-refractivity contribution >= 4 is 28.3 Å². The number of aromatic nitrogens is 2. The van der Waals surface area contributed by atoms with Crippen LogP contribution in [0.15, 0.2) is 24.5 Å². The van der Waals surface area contributed by atoms with E-state index in [2.05, 4.69) is 27.7 Å². The number of nitrogens with two attached hydrogens (primary N) is 1. The summed E-state index contributed by atoms with van der Waals surface area (Å²) in [5, 5.41) is 4.10. The van der Waals surface area contributed by atoms with Gasteiger partial charge in [-0.1, -0.05) is 0 Å². The SMILES string of the molecule is COc1cc(-n2cc(I)cn2)c(N)cc1F. The fraction of sp³-hybridized carbons (Fsp3) is 0.100. The Morgan fingerprint density at radius 3 is 2.81 bits per heavy atom. The van der Waals surface area contributed by atoms with Crippen LogP contribution in [-0.2, 0) is 0 Å². The maximum Gasteiger partial charge on any atom is 0.167 e. The summed E-state index contributed by atoms with van der Waals surface area (Å²) in [5.41, 5.74) is 6.64. The Balaban J connectivity index is 2.56. The number of nitrogens with zero attached hydrogens (tertiary/aromatic N) is 2. The van der Waals surface area contributed by atoms with Crippen LogP contribution in [0.1, 0.15) is 0 Å². The average Bonchev–Trinajstić information content (AvgIpc) is 2.65. The summed E-state index contributed by atoms with van der Waals surface area (Å²) in [5.74, 6) is -0.333. The molecule has 0 radical (unpaired) electrons. The first-order valence-corrected chi connectivity index (χ1v) is 5.53. The standard InChI is InChI=1S/C10H9FIN3O/c1-16-10-3-9(8(13)2-7(10)11)15-5-6(12)4-14-15/h2-5H,13H2,1H3. The van der Waals surface area contributed by atoms with E-state index in [1.54, 1.807) is 17.1 Å². The third-order valence-electron chi connectivity index (χ3n) is 2.10. The van der Waals surface area contributed by atoms with Crippen LogP contribution >= 0.6 is 22.6 Å². The molecule has 0 atom stereocenters. The molecule has 0 saturated heterocycles. The molecular weight excluding hydrogens is 324 g/mol. The molecule has 1 aromatic carbocycles. The van der Waals surface area contributed by atoms with Crippen molar-refractivity contribution < 1.29 is 9.13 Å². The highest BCUT2D eigenvalue weighted by atomic mass is 127. The second kappa shape index (κ2) is 4.28. The van der Waals surface area contributed by atoms with Gasteiger partial charge in [-0.3, -0.25) is 0 Å². The number of hydrogen-bond donors (Lipinski definition) is 1. The first-order chi connectivity index (χ1) is 7.61. The van der Waals surface area contributed by atoms with Gasteiger partial charge in [-0.05, 0) is 22.6 Å². The number of ether oxygens (including phenoxy) is 1. The molecule has 0 unspecified atom stereocenters. The van der Waals surface area contributed by atoms with Crippen LogP contribution in [0.3, 0.4) is 0 Å². The van der Waals surface area contributed by atoms with Gasteiger partial charge in [-0.2, -0.15) is 5.10 Å². The minimum atomic E-state index is -0.481. The topological polar surface area (TPSA) is 53.1 Å². The summed E-state index contributed by atoms with van der Waals surface area (Å²) in [6, 6.07) is 2.75. The molecular formula is C10H9FIN3O. The summed E-state index contributed by atoms with van der Waals surface area (Å²) >= 11 is 2.13. The highest BCUT2D eigenvalue weighted by Gasteiger charge is 2.10. The van der Waals surface area contributed by atoms with Gasteiger partial charge < -0.3 is 10.5 Å². The molecule has 4 nitrogen and oxygen atoms in total. The minimum absolute atomic E-state index is 0.148. The molecule has 6 heteroatoms. The lowest BCUT2D eigenvalue weighted by Gasteiger charge is -2.09. The van der Waals surface area contributed by atoms with Gasteiger partial charge in [0.1, 0.15) is 0 Å². The quantitative estimate of drug-likeness (QED) is 0.677. The highest BCUT2D eigenvalue weighted by Crippen LogP contribution is 2.26. The minimum Gasteiger partial charge on any atom is -0.494 e. The lowest BCUT2D eigenvalue weighted by atomic mass is 10.2. The molecule has 0 aliphatic rings. The number of rotatable bonds is 2. The summed E-state index contributed by atoms with van der Waals surface area (Å²) in [7, 11) is 1.41. The molecule has 0 saturated carbocycles. The Morgan fingerprint density at radius 1 is 1.50 bits per heavy atom. The average molecular weight is 333 g/mol. The lowest BCUT2D eigenvalue weighted by molar-refractivity contribution is 0.386. The van der Waals surface area contributed by atoms with Crippen LogP contribution in [0.25, 0.3) is 5.69 Å². The molecule has 0 spiro atoms. The summed E-state index contributed by atoms with van der Waals surface area (Å²) in [6.45, 7) is 0. The van der Waals surface area contributed by atoms with Gasteiger partial charge >= 0.3 is 0 Å². The van der Waals surface area contributed by atoms with Gasteiger partial charge in [0.2, 0.25) is 0 Å². The van der Waals surface area contributed by atoms with E-state index in [1.165, 1.54) is 19.2 Å². The second-order valence-electron chi connectivity index (χ2n) is 3.15. The Labute approximate surface area is 105 Å². The highest BCUT2D eigenvalue weighted by molar-refractivity contribution is 14.1. The Kier molecular flexibility index (Phi) is 2.99. The van der Waals surface area contributed by atoms with Gasteiger partial charge in [0.15, 0.2) is 11.6 Å². The molecule has 0 amide bonds. The number of anilines is 1. The van der Waals surface area contributed by atoms with Gasteiger partial charge in [0.25, 0.3) is 0 Å². The van der Waals surface area contributed by atoms with E-state index in [9.17, 15) is 4.39 Å². The van der Waals surface area contributed by atoms with Crippen molar-refractivity contribution in [2.75, 3.05) is 12.8 Å². The fourth-order valence-electron chi connectivity index (χ4n) is 1.35. The number of benzene rings is 1. The molecule has 1 aromatic heterocycles. The number of methoxy groups -OCH3 is 1. The normalized spacial score (nSPS) is 10.4. The van der Waals surface area contributed by atoms with E-state index in [-0.39, 0.29) is 5.75 Å². The molecule has 1 heterocycles. The van der Waals surface area contributed by atoms with Crippen molar-refractivity contribution in [3.8, 4) is 11.4 Å². The van der Waals surface area contributed by atoms with E-state index < -0.39 is 5.82 Å². The zero-order valence-electron chi connectivity index (χ0n) is 8.45. The zero-order valence-corrected chi connectivity index (χ0v) is 10.6. The zero-order chi connectivity index (χ0) is 11.7. The van der Waals surface area contributed by atoms with Crippen molar-refractivity contribution in [3.05, 3.63) is 33.9 Å². The number of halogens is 2. The van der Waals surface area contributed by atoms with Crippen LogP contribution in [0.2, 0.25) is 0 Å². The number of hydrogen-bond acceptors (Lipinski definition) is 3. The van der Waals surface area contributed by atoms with Crippen molar-refractivity contribution in [2.45, 2.75) is 0 Å². The largest absolute Gasteiger partial charge is 0.494 e. The van der Waals surface area contributed by atoms with E-state index in [4.69, 9.17) is 10.5 Å². The van der Waals surface area contributed by atoms with Crippen LogP contribution in [-0.4, -0.2) is 16.9 Å². The Morgan fingerprint density at radius 2 is 2.25 bits per heavy atom. The molecule has 84 valence electrons. The maximum absolute atomic E-state index is 13.3. The first-order valence-electron chi connectivity index (χ1n) is 4.45. The van der Waals surface area contributed by atoms with Crippen molar-refractivity contribution in [1.82, 2.24) is 9.78 Å². The van der Waals surface area contributed by atoms with E-state index in [1.807, 2.05) is 0 Å².